The van der Waals surface area contributed by atoms with E-state index in [-0.39, 0.29) is 6.61 Å². The van der Waals surface area contributed by atoms with E-state index in [1.165, 1.54) is 22.7 Å². The molecule has 0 unspecified atom stereocenters. The van der Waals surface area contributed by atoms with Crippen molar-refractivity contribution in [2.24, 2.45) is 0 Å². The van der Waals surface area contributed by atoms with Crippen LogP contribution >= 0.6 is 11.8 Å². The van der Waals surface area contributed by atoms with Gasteiger partial charge in [-0.3, -0.25) is 4.90 Å². The monoisotopic (exact) mass is 301 g/mol. The van der Waals surface area contributed by atoms with Crippen LogP contribution in [0.1, 0.15) is 34.6 Å². The predicted octanol–water partition coefficient (Wildman–Crippen LogP) is 2.80. The lowest BCUT2D eigenvalue weighted by molar-refractivity contribution is -0.148. The molecule has 0 radical (unpaired) electrons. The molecule has 0 aromatic rings. The molecule has 1 aliphatic heterocycles. The number of esters is 1. The summed E-state index contributed by atoms with van der Waals surface area (Å²) >= 11 is 1.53. The number of thioether (sulfide) groups is 1. The van der Waals surface area contributed by atoms with Gasteiger partial charge in [0.1, 0.15) is 18.2 Å². The molecule has 0 N–H and O–H groups in total. The van der Waals surface area contributed by atoms with Gasteiger partial charge >= 0.3 is 12.1 Å². The van der Waals surface area contributed by atoms with Crippen molar-refractivity contribution in [3.05, 3.63) is 12.7 Å². The lowest BCUT2D eigenvalue weighted by Crippen LogP contribution is -2.50. The topological polar surface area (TPSA) is 55.8 Å². The smallest absolute Gasteiger partial charge is 0.411 e. The number of carbonyl (C=O) groups excluding carboxylic acids is 2. The van der Waals surface area contributed by atoms with Crippen molar-refractivity contribution in [2.75, 3.05) is 12.5 Å². The van der Waals surface area contributed by atoms with Crippen molar-refractivity contribution >= 4 is 23.8 Å². The fourth-order valence-electron chi connectivity index (χ4n) is 1.87. The van der Waals surface area contributed by atoms with Crippen LogP contribution < -0.4 is 0 Å². The van der Waals surface area contributed by atoms with Crippen LogP contribution in [0.5, 0.6) is 0 Å². The second-order valence-electron chi connectivity index (χ2n) is 6.15. The molecule has 1 aliphatic rings. The van der Waals surface area contributed by atoms with Crippen molar-refractivity contribution in [3.63, 3.8) is 0 Å². The molecular formula is C14H23NO4S. The Kier molecular flexibility index (Phi) is 5.13. The van der Waals surface area contributed by atoms with E-state index in [0.717, 1.165) is 0 Å². The number of carbonyl (C=O) groups is 2. The second-order valence-corrected chi connectivity index (χ2v) is 7.75. The zero-order valence-corrected chi connectivity index (χ0v) is 13.6. The number of nitrogens with zero attached hydrogens (tertiary/aromatic N) is 1. The van der Waals surface area contributed by atoms with Crippen molar-refractivity contribution in [3.8, 4) is 0 Å². The zero-order chi connectivity index (χ0) is 15.6. The summed E-state index contributed by atoms with van der Waals surface area (Å²) in [5.41, 5.74) is -0.593. The third kappa shape index (κ3) is 4.16. The summed E-state index contributed by atoms with van der Waals surface area (Å²) in [5.74, 6) is -0.0128. The molecule has 0 aromatic carbocycles. The highest BCUT2D eigenvalue weighted by Crippen LogP contribution is 2.40. The highest BCUT2D eigenvalue weighted by atomic mass is 32.2. The van der Waals surface area contributed by atoms with Gasteiger partial charge in [-0.2, -0.15) is 0 Å². The van der Waals surface area contributed by atoms with Gasteiger partial charge in [0.15, 0.2) is 0 Å². The molecule has 1 rings (SSSR count). The molecular weight excluding hydrogens is 278 g/mol. The number of amides is 1. The summed E-state index contributed by atoms with van der Waals surface area (Å²) in [4.78, 5) is 25.8. The fourth-order valence-corrected chi connectivity index (χ4v) is 2.98. The summed E-state index contributed by atoms with van der Waals surface area (Å²) in [7, 11) is 0. The van der Waals surface area contributed by atoms with Gasteiger partial charge in [-0.1, -0.05) is 12.7 Å². The van der Waals surface area contributed by atoms with E-state index in [4.69, 9.17) is 9.47 Å². The number of rotatable bonds is 3. The van der Waals surface area contributed by atoms with Gasteiger partial charge in [0.05, 0.1) is 5.88 Å². The van der Waals surface area contributed by atoms with Gasteiger partial charge in [0.25, 0.3) is 0 Å². The molecule has 1 saturated heterocycles. The maximum absolute atomic E-state index is 12.2. The SMILES string of the molecule is C=CCOC(=O)[C@H]1N(C(=O)OC(C)(C)C)CSC1(C)C. The third-order valence-corrected chi connectivity index (χ3v) is 4.12. The molecule has 5 nitrogen and oxygen atoms in total. The van der Waals surface area contributed by atoms with Crippen LogP contribution in [-0.4, -0.2) is 45.8 Å². The van der Waals surface area contributed by atoms with Gasteiger partial charge in [-0.25, -0.2) is 9.59 Å². The van der Waals surface area contributed by atoms with Crippen LogP contribution in [0.4, 0.5) is 4.79 Å². The van der Waals surface area contributed by atoms with Gasteiger partial charge in [-0.15, -0.1) is 11.8 Å². The van der Waals surface area contributed by atoms with E-state index >= 15 is 0 Å². The van der Waals surface area contributed by atoms with Gasteiger partial charge in [0, 0.05) is 4.75 Å². The Bertz CT molecular complexity index is 400. The minimum Gasteiger partial charge on any atom is -0.460 e. The quantitative estimate of drug-likeness (QED) is 0.592. The molecule has 20 heavy (non-hydrogen) atoms. The predicted molar refractivity (Wildman–Crippen MR) is 79.6 cm³/mol. The molecule has 0 spiro atoms. The first-order valence-corrected chi connectivity index (χ1v) is 7.48. The normalized spacial score (nSPS) is 21.4. The van der Waals surface area contributed by atoms with Crippen LogP contribution in [0.15, 0.2) is 12.7 Å². The summed E-state index contributed by atoms with van der Waals surface area (Å²) in [5, 5.41) is 0. The molecule has 1 fully saturated rings. The standard InChI is InChI=1S/C14H23NO4S/c1-7-8-18-11(16)10-14(5,6)20-9-15(10)12(17)19-13(2,3)4/h7,10H,1,8-9H2,2-6H3/t10-/m1/s1. The van der Waals surface area contributed by atoms with Gasteiger partial charge in [0.2, 0.25) is 0 Å². The van der Waals surface area contributed by atoms with E-state index in [2.05, 4.69) is 6.58 Å². The summed E-state index contributed by atoms with van der Waals surface area (Å²) in [6.45, 7) is 12.9. The van der Waals surface area contributed by atoms with Crippen LogP contribution in [-0.2, 0) is 14.3 Å². The minimum atomic E-state index is -0.651. The molecule has 114 valence electrons. The van der Waals surface area contributed by atoms with Crippen molar-refractivity contribution in [1.82, 2.24) is 4.90 Å². The first kappa shape index (κ1) is 16.9. The molecule has 0 saturated carbocycles. The van der Waals surface area contributed by atoms with Crippen LogP contribution in [0, 0.1) is 0 Å². The number of hydrogen-bond acceptors (Lipinski definition) is 5. The van der Waals surface area contributed by atoms with Crippen molar-refractivity contribution in [2.45, 2.75) is 51.0 Å². The Morgan fingerprint density at radius 1 is 1.45 bits per heavy atom. The Morgan fingerprint density at radius 2 is 2.05 bits per heavy atom. The highest BCUT2D eigenvalue weighted by Gasteiger charge is 2.50. The molecule has 0 bridgehead atoms. The van der Waals surface area contributed by atoms with E-state index in [1.54, 1.807) is 20.8 Å². The molecule has 0 aliphatic carbocycles. The van der Waals surface area contributed by atoms with Gasteiger partial charge in [-0.05, 0) is 34.6 Å². The highest BCUT2D eigenvalue weighted by molar-refractivity contribution is 8.00. The van der Waals surface area contributed by atoms with Crippen LogP contribution in [0.2, 0.25) is 0 Å². The summed E-state index contributed by atoms with van der Waals surface area (Å²) in [6.07, 6.45) is 1.02. The molecule has 0 aromatic heterocycles. The van der Waals surface area contributed by atoms with Crippen LogP contribution in [0.25, 0.3) is 0 Å². The number of hydrogen-bond donors (Lipinski definition) is 0. The lowest BCUT2D eigenvalue weighted by Gasteiger charge is -2.31. The van der Waals surface area contributed by atoms with Crippen LogP contribution in [0.3, 0.4) is 0 Å². The summed E-state index contributed by atoms with van der Waals surface area (Å²) < 4.78 is 10.0. The first-order valence-electron chi connectivity index (χ1n) is 6.49. The second kappa shape index (κ2) is 6.08. The zero-order valence-electron chi connectivity index (χ0n) is 12.8. The Morgan fingerprint density at radius 3 is 2.55 bits per heavy atom. The third-order valence-electron chi connectivity index (χ3n) is 2.74. The first-order chi connectivity index (χ1) is 9.08. The fraction of sp³-hybridized carbons (Fsp3) is 0.714. The van der Waals surface area contributed by atoms with Crippen molar-refractivity contribution < 1.29 is 19.1 Å². The molecule has 6 heteroatoms. The maximum Gasteiger partial charge on any atom is 0.411 e. The Balaban J connectivity index is 2.87. The van der Waals surface area contributed by atoms with Gasteiger partial charge < -0.3 is 9.47 Å². The molecule has 1 heterocycles. The maximum atomic E-state index is 12.2. The minimum absolute atomic E-state index is 0.137. The molecule has 1 atom stereocenters. The lowest BCUT2D eigenvalue weighted by atomic mass is 10.0. The summed E-state index contributed by atoms with van der Waals surface area (Å²) in [6, 6.07) is -0.651. The average Bonchev–Trinajstić information content (AvgIpc) is 2.59. The van der Waals surface area contributed by atoms with E-state index in [9.17, 15) is 9.59 Å². The average molecular weight is 301 g/mol. The van der Waals surface area contributed by atoms with E-state index in [0.29, 0.717) is 5.88 Å². The Labute approximate surface area is 124 Å². The van der Waals surface area contributed by atoms with Crippen molar-refractivity contribution in [1.29, 1.82) is 0 Å². The molecule has 1 amide bonds. The Hall–Kier alpha value is -1.17. The number of ether oxygens (including phenoxy) is 2. The van der Waals surface area contributed by atoms with E-state index < -0.39 is 28.5 Å². The largest absolute Gasteiger partial charge is 0.460 e. The van der Waals surface area contributed by atoms with E-state index in [1.807, 2.05) is 13.8 Å².